The molecule has 0 spiro atoms. The zero-order valence-corrected chi connectivity index (χ0v) is 8.56. The minimum atomic E-state index is 1.01. The molecule has 0 heterocycles. The second-order valence-electron chi connectivity index (χ2n) is 1.41. The Morgan fingerprint density at radius 2 is 2.11 bits per heavy atom. The minimum absolute atomic E-state index is 1.01. The number of ether oxygens (including phenoxy) is 1. The third-order valence-corrected chi connectivity index (χ3v) is 1.82. The van der Waals surface area contributed by atoms with Crippen LogP contribution >= 0.6 is 0 Å². The molecule has 0 N–H and O–H groups in total. The molecule has 0 aliphatic heterocycles. The van der Waals surface area contributed by atoms with Crippen molar-refractivity contribution < 1.29 is 24.1 Å². The van der Waals surface area contributed by atoms with Crippen LogP contribution in [0.25, 0.3) is 0 Å². The summed E-state index contributed by atoms with van der Waals surface area (Å²) in [4.78, 5) is 0. The van der Waals surface area contributed by atoms with Gasteiger partial charge in [-0.1, -0.05) is 0 Å². The summed E-state index contributed by atoms with van der Waals surface area (Å²) < 4.78 is 5.94. The molecule has 0 aliphatic rings. The summed E-state index contributed by atoms with van der Waals surface area (Å²) in [6.07, 6.45) is 7.87. The summed E-state index contributed by atoms with van der Waals surface area (Å²) in [6, 6.07) is 0. The maximum atomic E-state index is 4.93. The van der Waals surface area contributed by atoms with Gasteiger partial charge in [-0.25, -0.2) is 0 Å². The molecular weight excluding hydrogens is 284 g/mol. The fourth-order valence-corrected chi connectivity index (χ4v) is 0.596. The zero-order valence-electron chi connectivity index (χ0n) is 5.63. The van der Waals surface area contributed by atoms with E-state index < -0.39 is 0 Å². The third-order valence-electron chi connectivity index (χ3n) is 0.737. The van der Waals surface area contributed by atoms with E-state index in [1.165, 1.54) is 19.4 Å². The van der Waals surface area contributed by atoms with Gasteiger partial charge >= 0.3 is 66.5 Å². The van der Waals surface area contributed by atoms with Crippen molar-refractivity contribution in [3.63, 3.8) is 0 Å². The van der Waals surface area contributed by atoms with Crippen LogP contribution in [-0.2, 0) is 24.1 Å². The Balaban J connectivity index is 3.57. The van der Waals surface area contributed by atoms with Crippen molar-refractivity contribution in [1.82, 2.24) is 0 Å². The van der Waals surface area contributed by atoms with E-state index in [1.54, 1.807) is 7.11 Å². The molecule has 0 rings (SSSR count). The first-order valence-corrected chi connectivity index (χ1v) is 4.15. The second-order valence-corrected chi connectivity index (χ2v) is 2.85. The van der Waals surface area contributed by atoms with Gasteiger partial charge in [-0.3, -0.25) is 0 Å². The number of allylic oxidation sites excluding steroid dienone is 3. The fraction of sp³-hybridized carbons (Fsp3) is 0.286. The molecule has 0 aromatic heterocycles. The first-order valence-electron chi connectivity index (χ1n) is 2.68. The average molecular weight is 294 g/mol. The molecule has 0 radical (unpaired) electrons. The van der Waals surface area contributed by atoms with Gasteiger partial charge in [0.25, 0.3) is 0 Å². The summed E-state index contributed by atoms with van der Waals surface area (Å²) in [5.74, 6) is 0. The van der Waals surface area contributed by atoms with Gasteiger partial charge in [0.1, 0.15) is 0 Å². The molecule has 0 aromatic carbocycles. The molecule has 9 heavy (non-hydrogen) atoms. The average Bonchev–Trinajstić information content (AvgIpc) is 1.89. The van der Waals surface area contributed by atoms with Gasteiger partial charge in [-0.15, -0.1) is 0 Å². The molecule has 50 valence electrons. The van der Waals surface area contributed by atoms with Crippen molar-refractivity contribution in [2.45, 2.75) is 6.92 Å². The molecule has 0 atom stereocenters. The van der Waals surface area contributed by atoms with E-state index in [9.17, 15) is 0 Å². The summed E-state index contributed by atoms with van der Waals surface area (Å²) in [5.41, 5.74) is 0. The SMILES string of the molecule is C/C=C/C=C/[C](=[W])OC. The zero-order chi connectivity index (χ0) is 7.11. The predicted octanol–water partition coefficient (Wildman–Crippen LogP) is 1.44. The van der Waals surface area contributed by atoms with Crippen LogP contribution in [0.2, 0.25) is 0 Å². The normalized spacial score (nSPS) is 11.3. The van der Waals surface area contributed by atoms with Crippen molar-refractivity contribution >= 4 is 4.08 Å². The van der Waals surface area contributed by atoms with Crippen molar-refractivity contribution in [3.8, 4) is 0 Å². The predicted molar refractivity (Wildman–Crippen MR) is 36.0 cm³/mol. The number of methoxy groups -OCH3 is 1. The molecule has 0 aliphatic carbocycles. The molecule has 0 saturated heterocycles. The van der Waals surface area contributed by atoms with Crippen LogP contribution in [0.3, 0.4) is 0 Å². The van der Waals surface area contributed by atoms with E-state index in [4.69, 9.17) is 4.74 Å². The van der Waals surface area contributed by atoms with Crippen LogP contribution in [0, 0.1) is 0 Å². The van der Waals surface area contributed by atoms with Gasteiger partial charge in [0, 0.05) is 0 Å². The molecule has 0 fully saturated rings. The van der Waals surface area contributed by atoms with Gasteiger partial charge < -0.3 is 0 Å². The molecule has 2 heteroatoms. The molecule has 1 nitrogen and oxygen atoms in total. The molecule has 0 aromatic rings. The van der Waals surface area contributed by atoms with Gasteiger partial charge in [0.2, 0.25) is 0 Å². The molecule has 0 amide bonds. The van der Waals surface area contributed by atoms with Crippen LogP contribution in [-0.4, -0.2) is 11.2 Å². The van der Waals surface area contributed by atoms with Crippen molar-refractivity contribution in [1.29, 1.82) is 0 Å². The van der Waals surface area contributed by atoms with Crippen molar-refractivity contribution in [3.05, 3.63) is 24.3 Å². The van der Waals surface area contributed by atoms with Gasteiger partial charge in [0.05, 0.1) is 0 Å². The van der Waals surface area contributed by atoms with Crippen LogP contribution in [0.4, 0.5) is 0 Å². The van der Waals surface area contributed by atoms with E-state index >= 15 is 0 Å². The van der Waals surface area contributed by atoms with Crippen LogP contribution in [0.5, 0.6) is 0 Å². The van der Waals surface area contributed by atoms with Crippen molar-refractivity contribution in [2.75, 3.05) is 7.11 Å². The molecule has 0 unspecified atom stereocenters. The summed E-state index contributed by atoms with van der Waals surface area (Å²) in [5, 5.41) is 0. The Kier molecular flexibility index (Phi) is 6.12. The Morgan fingerprint density at radius 1 is 1.44 bits per heavy atom. The first-order chi connectivity index (χ1) is 4.31. The summed E-state index contributed by atoms with van der Waals surface area (Å²) in [7, 11) is 1.68. The molecule has 0 saturated carbocycles. The molecular formula is C7H10OW. The Labute approximate surface area is 66.8 Å². The first kappa shape index (κ1) is 9.00. The van der Waals surface area contributed by atoms with Gasteiger partial charge in [-0.05, 0) is 0 Å². The standard InChI is InChI=1S/C7H10O.W/c1-3-4-5-6-7-8-2;/h3-6H,1-2H3;/b4-3+,6-5+;. The Bertz CT molecular complexity index is 136. The van der Waals surface area contributed by atoms with E-state index in [0.29, 0.717) is 0 Å². The van der Waals surface area contributed by atoms with Gasteiger partial charge in [0.15, 0.2) is 0 Å². The number of rotatable bonds is 3. The van der Waals surface area contributed by atoms with E-state index in [2.05, 4.69) is 0 Å². The van der Waals surface area contributed by atoms with E-state index in [1.807, 2.05) is 31.2 Å². The van der Waals surface area contributed by atoms with Gasteiger partial charge in [-0.2, -0.15) is 0 Å². The number of hydrogen-bond donors (Lipinski definition) is 0. The van der Waals surface area contributed by atoms with E-state index in [-0.39, 0.29) is 0 Å². The van der Waals surface area contributed by atoms with Crippen molar-refractivity contribution in [2.24, 2.45) is 0 Å². The monoisotopic (exact) mass is 294 g/mol. The number of hydrogen-bond acceptors (Lipinski definition) is 1. The topological polar surface area (TPSA) is 9.23 Å². The Morgan fingerprint density at radius 3 is 2.56 bits per heavy atom. The van der Waals surface area contributed by atoms with Crippen LogP contribution in [0.1, 0.15) is 6.92 Å². The third kappa shape index (κ3) is 5.88. The van der Waals surface area contributed by atoms with Crippen LogP contribution < -0.4 is 0 Å². The summed E-state index contributed by atoms with van der Waals surface area (Å²) in [6.45, 7) is 1.99. The maximum absolute atomic E-state index is 4.93. The fourth-order valence-electron chi connectivity index (χ4n) is 0.313. The molecule has 0 bridgehead atoms. The second kappa shape index (κ2) is 6.12. The quantitative estimate of drug-likeness (QED) is 0.716. The Hall–Kier alpha value is -0.00169. The summed E-state index contributed by atoms with van der Waals surface area (Å²) >= 11 is 1.35. The van der Waals surface area contributed by atoms with Crippen LogP contribution in [0.15, 0.2) is 24.3 Å². The van der Waals surface area contributed by atoms with E-state index in [0.717, 1.165) is 4.08 Å².